The zero-order valence-electron chi connectivity index (χ0n) is 13.1. The fourth-order valence-corrected chi connectivity index (χ4v) is 4.46. The van der Waals surface area contributed by atoms with Crippen LogP contribution in [0.3, 0.4) is 0 Å². The molecule has 0 saturated carbocycles. The summed E-state index contributed by atoms with van der Waals surface area (Å²) in [5.74, 6) is 1.60. The van der Waals surface area contributed by atoms with Gasteiger partial charge >= 0.3 is 0 Å². The number of piperidine rings is 3. The summed E-state index contributed by atoms with van der Waals surface area (Å²) in [7, 11) is 0. The summed E-state index contributed by atoms with van der Waals surface area (Å²) in [5, 5.41) is 4.68. The Morgan fingerprint density at radius 1 is 1.32 bits per heavy atom. The van der Waals surface area contributed by atoms with E-state index in [9.17, 15) is 0 Å². The molecule has 118 valence electrons. The molecule has 5 rings (SSSR count). The molecule has 2 unspecified atom stereocenters. The fourth-order valence-electron chi connectivity index (χ4n) is 3.97. The first-order valence-electron chi connectivity index (χ1n) is 8.16. The van der Waals surface area contributed by atoms with Crippen LogP contribution >= 0.6 is 15.9 Å². The van der Waals surface area contributed by atoms with Crippen LogP contribution in [0.25, 0.3) is 0 Å². The molecule has 5 heteroatoms. The average Bonchev–Trinajstić information content (AvgIpc) is 2.97. The van der Waals surface area contributed by atoms with Gasteiger partial charge in [0.15, 0.2) is 0 Å². The Morgan fingerprint density at radius 3 is 2.77 bits per heavy atom. The molecular formula is C17H22BrN3O. The lowest BCUT2D eigenvalue weighted by Gasteiger charge is -2.45. The van der Waals surface area contributed by atoms with Gasteiger partial charge in [0.05, 0.1) is 28.4 Å². The van der Waals surface area contributed by atoms with Crippen molar-refractivity contribution in [2.75, 3.05) is 13.1 Å². The summed E-state index contributed by atoms with van der Waals surface area (Å²) in [5.41, 5.74) is 6.04. The number of ether oxygens (including phenoxy) is 1. The van der Waals surface area contributed by atoms with Gasteiger partial charge in [0.25, 0.3) is 0 Å². The van der Waals surface area contributed by atoms with Gasteiger partial charge in [-0.1, -0.05) is 6.07 Å². The number of hydrazone groups is 1. The molecule has 4 aliphatic heterocycles. The minimum atomic E-state index is 0.182. The van der Waals surface area contributed by atoms with E-state index < -0.39 is 0 Å². The number of hydrogen-bond donors (Lipinski definition) is 1. The summed E-state index contributed by atoms with van der Waals surface area (Å²) in [6.07, 6.45) is 2.73. The highest BCUT2D eigenvalue weighted by molar-refractivity contribution is 9.10. The van der Waals surface area contributed by atoms with E-state index >= 15 is 0 Å². The fraction of sp³-hybridized carbons (Fsp3) is 0.588. The number of fused-ring (bicyclic) bond motifs is 2. The van der Waals surface area contributed by atoms with Crippen LogP contribution in [0.4, 0.5) is 0 Å². The third kappa shape index (κ3) is 2.35. The Labute approximate surface area is 140 Å². The van der Waals surface area contributed by atoms with Crippen LogP contribution < -0.4 is 10.2 Å². The van der Waals surface area contributed by atoms with Gasteiger partial charge < -0.3 is 10.2 Å². The number of benzene rings is 1. The van der Waals surface area contributed by atoms with E-state index in [1.54, 1.807) is 0 Å². The predicted octanol–water partition coefficient (Wildman–Crippen LogP) is 3.33. The van der Waals surface area contributed by atoms with Crippen molar-refractivity contribution in [1.82, 2.24) is 10.3 Å². The smallest absolute Gasteiger partial charge is 0.133 e. The molecule has 1 aromatic rings. The SMILES string of the molecule is CC(C)Oc1ccc(C2NN=C3C4CCN(CC4)C32)cc1Br. The molecule has 0 spiro atoms. The molecule has 0 radical (unpaired) electrons. The van der Waals surface area contributed by atoms with Gasteiger partial charge in [-0.25, -0.2) is 0 Å². The maximum Gasteiger partial charge on any atom is 0.133 e. The van der Waals surface area contributed by atoms with E-state index in [4.69, 9.17) is 4.74 Å². The molecule has 1 aromatic carbocycles. The van der Waals surface area contributed by atoms with Crippen LogP contribution in [0.5, 0.6) is 5.75 Å². The van der Waals surface area contributed by atoms with Crippen molar-refractivity contribution in [2.45, 2.75) is 44.9 Å². The van der Waals surface area contributed by atoms with Gasteiger partial charge in [0.2, 0.25) is 0 Å². The molecule has 22 heavy (non-hydrogen) atoms. The van der Waals surface area contributed by atoms with Gasteiger partial charge in [-0.05, 0) is 73.4 Å². The van der Waals surface area contributed by atoms with E-state index in [1.165, 1.54) is 37.2 Å². The van der Waals surface area contributed by atoms with Crippen molar-refractivity contribution in [2.24, 2.45) is 11.0 Å². The van der Waals surface area contributed by atoms with Crippen molar-refractivity contribution in [3.05, 3.63) is 28.2 Å². The molecular weight excluding hydrogens is 342 g/mol. The summed E-state index contributed by atoms with van der Waals surface area (Å²) in [6, 6.07) is 7.12. The lowest BCUT2D eigenvalue weighted by molar-refractivity contribution is 0.133. The molecule has 2 atom stereocenters. The van der Waals surface area contributed by atoms with Crippen molar-refractivity contribution >= 4 is 21.6 Å². The highest BCUT2D eigenvalue weighted by Gasteiger charge is 2.46. The van der Waals surface area contributed by atoms with Gasteiger partial charge in [-0.3, -0.25) is 4.90 Å². The molecule has 0 aliphatic carbocycles. The summed E-state index contributed by atoms with van der Waals surface area (Å²) in [6.45, 7) is 6.51. The predicted molar refractivity (Wildman–Crippen MR) is 91.3 cm³/mol. The second-order valence-corrected chi connectivity index (χ2v) is 7.61. The van der Waals surface area contributed by atoms with Gasteiger partial charge in [-0.15, -0.1) is 0 Å². The van der Waals surface area contributed by atoms with E-state index in [0.29, 0.717) is 12.0 Å². The normalized spacial score (nSPS) is 32.6. The van der Waals surface area contributed by atoms with Crippen LogP contribution in [-0.4, -0.2) is 35.8 Å². The lowest BCUT2D eigenvalue weighted by atomic mass is 9.78. The summed E-state index contributed by atoms with van der Waals surface area (Å²) >= 11 is 3.65. The summed E-state index contributed by atoms with van der Waals surface area (Å²) < 4.78 is 6.83. The van der Waals surface area contributed by atoms with Crippen LogP contribution in [-0.2, 0) is 0 Å². The third-order valence-electron chi connectivity index (χ3n) is 4.97. The number of halogens is 1. The lowest BCUT2D eigenvalue weighted by Crippen LogP contribution is -2.56. The zero-order chi connectivity index (χ0) is 15.3. The Bertz CT molecular complexity index is 608. The van der Waals surface area contributed by atoms with Crippen molar-refractivity contribution in [3.8, 4) is 5.75 Å². The van der Waals surface area contributed by atoms with Gasteiger partial charge in [0, 0.05) is 5.92 Å². The highest BCUT2D eigenvalue weighted by atomic mass is 79.9. The van der Waals surface area contributed by atoms with Crippen LogP contribution in [0, 0.1) is 5.92 Å². The molecule has 4 nitrogen and oxygen atoms in total. The number of nitrogens with zero attached hydrogens (tertiary/aromatic N) is 2. The van der Waals surface area contributed by atoms with Crippen molar-refractivity contribution in [1.29, 1.82) is 0 Å². The second-order valence-electron chi connectivity index (χ2n) is 6.75. The Balaban J connectivity index is 1.60. The molecule has 4 aliphatic rings. The van der Waals surface area contributed by atoms with Crippen LogP contribution in [0.2, 0.25) is 0 Å². The molecule has 0 aromatic heterocycles. The number of rotatable bonds is 3. The highest BCUT2D eigenvalue weighted by Crippen LogP contribution is 2.40. The molecule has 2 bridgehead atoms. The van der Waals surface area contributed by atoms with Gasteiger partial charge in [-0.2, -0.15) is 5.10 Å². The maximum atomic E-state index is 5.81. The number of hydrogen-bond acceptors (Lipinski definition) is 4. The minimum Gasteiger partial charge on any atom is -0.490 e. The number of nitrogens with one attached hydrogen (secondary N) is 1. The first kappa shape index (κ1) is 14.5. The van der Waals surface area contributed by atoms with E-state index in [2.05, 4.69) is 49.6 Å². The molecule has 0 amide bonds. The van der Waals surface area contributed by atoms with Crippen molar-refractivity contribution in [3.63, 3.8) is 0 Å². The minimum absolute atomic E-state index is 0.182. The molecule has 3 saturated heterocycles. The average molecular weight is 364 g/mol. The first-order valence-corrected chi connectivity index (χ1v) is 8.96. The van der Waals surface area contributed by atoms with Gasteiger partial charge in [0.1, 0.15) is 5.75 Å². The Hall–Kier alpha value is -1.07. The van der Waals surface area contributed by atoms with E-state index in [-0.39, 0.29) is 12.1 Å². The molecule has 3 fully saturated rings. The first-order chi connectivity index (χ1) is 10.6. The quantitative estimate of drug-likeness (QED) is 0.894. The van der Waals surface area contributed by atoms with Crippen LogP contribution in [0.1, 0.15) is 38.3 Å². The monoisotopic (exact) mass is 363 g/mol. The van der Waals surface area contributed by atoms with E-state index in [0.717, 1.165) is 10.2 Å². The second kappa shape index (κ2) is 5.53. The molecule has 1 N–H and O–H groups in total. The van der Waals surface area contributed by atoms with Crippen molar-refractivity contribution < 1.29 is 4.74 Å². The largest absolute Gasteiger partial charge is 0.490 e. The third-order valence-corrected chi connectivity index (χ3v) is 5.59. The molecule has 4 heterocycles. The zero-order valence-corrected chi connectivity index (χ0v) is 14.6. The Morgan fingerprint density at radius 2 is 2.09 bits per heavy atom. The van der Waals surface area contributed by atoms with Crippen LogP contribution in [0.15, 0.2) is 27.8 Å². The standard InChI is InChI=1S/C17H22BrN3O/c1-10(2)22-14-4-3-12(9-13(14)18)16-17-15(19-20-16)11-5-7-21(17)8-6-11/h3-4,9-11,16-17,20H,5-8H2,1-2H3. The summed E-state index contributed by atoms with van der Waals surface area (Å²) in [4.78, 5) is 2.59. The topological polar surface area (TPSA) is 36.9 Å². The maximum absolute atomic E-state index is 5.81. The Kier molecular flexibility index (Phi) is 3.65. The van der Waals surface area contributed by atoms with E-state index in [1.807, 2.05) is 13.8 Å².